The molecule has 0 saturated carbocycles. The lowest BCUT2D eigenvalue weighted by Gasteiger charge is -2.14. The molecule has 2 aromatic carbocycles. The molecule has 112 valence electrons. The van der Waals surface area contributed by atoms with Crippen LogP contribution in [-0.4, -0.2) is 0 Å². The van der Waals surface area contributed by atoms with Crippen LogP contribution in [-0.2, 0) is 6.61 Å². The van der Waals surface area contributed by atoms with Crippen LogP contribution in [0.25, 0.3) is 0 Å². The Hall–Kier alpha value is -1.80. The van der Waals surface area contributed by atoms with E-state index < -0.39 is 0 Å². The average Bonchev–Trinajstić information content (AvgIpc) is 2.52. The van der Waals surface area contributed by atoms with Gasteiger partial charge in [-0.2, -0.15) is 0 Å². The van der Waals surface area contributed by atoms with Gasteiger partial charge in [0.05, 0.1) is 0 Å². The Balaban J connectivity index is 1.87. The molecule has 0 radical (unpaired) electrons. The highest BCUT2D eigenvalue weighted by Gasteiger charge is 2.07. The number of nitrogens with two attached hydrogens (primary N) is 1. The molecule has 0 aliphatic heterocycles. The molecule has 0 saturated heterocycles. The van der Waals surface area contributed by atoms with Crippen LogP contribution in [0.15, 0.2) is 54.6 Å². The molecule has 21 heavy (non-hydrogen) atoms. The number of ether oxygens (including phenoxy) is 1. The second-order valence-corrected chi connectivity index (χ2v) is 5.92. The van der Waals surface area contributed by atoms with Crippen molar-refractivity contribution >= 4 is 0 Å². The third kappa shape index (κ3) is 5.24. The summed E-state index contributed by atoms with van der Waals surface area (Å²) in [5, 5.41) is 0. The molecule has 0 bridgehead atoms. The summed E-state index contributed by atoms with van der Waals surface area (Å²) >= 11 is 0. The highest BCUT2D eigenvalue weighted by molar-refractivity contribution is 5.29. The van der Waals surface area contributed by atoms with E-state index in [2.05, 4.69) is 38.1 Å². The van der Waals surface area contributed by atoms with Gasteiger partial charge in [0, 0.05) is 6.04 Å². The van der Waals surface area contributed by atoms with Crippen LogP contribution < -0.4 is 10.5 Å². The molecule has 0 amide bonds. The molecule has 0 heterocycles. The maximum Gasteiger partial charge on any atom is 0.119 e. The van der Waals surface area contributed by atoms with E-state index in [1.807, 2.05) is 30.3 Å². The van der Waals surface area contributed by atoms with Gasteiger partial charge >= 0.3 is 0 Å². The summed E-state index contributed by atoms with van der Waals surface area (Å²) in [4.78, 5) is 0. The number of hydrogen-bond donors (Lipinski definition) is 1. The third-order valence-electron chi connectivity index (χ3n) is 3.61. The van der Waals surface area contributed by atoms with Crippen molar-refractivity contribution in [2.24, 2.45) is 11.7 Å². The highest BCUT2D eigenvalue weighted by Crippen LogP contribution is 2.21. The number of hydrogen-bond acceptors (Lipinski definition) is 2. The fraction of sp³-hybridized carbons (Fsp3) is 0.368. The fourth-order valence-corrected chi connectivity index (χ4v) is 2.23. The van der Waals surface area contributed by atoms with Gasteiger partial charge in [-0.1, -0.05) is 56.3 Å². The predicted molar refractivity (Wildman–Crippen MR) is 88.2 cm³/mol. The van der Waals surface area contributed by atoms with Gasteiger partial charge in [0.15, 0.2) is 0 Å². The Morgan fingerprint density at radius 2 is 1.57 bits per heavy atom. The molecule has 0 unspecified atom stereocenters. The first-order valence-electron chi connectivity index (χ1n) is 7.67. The Bertz CT molecular complexity index is 519. The van der Waals surface area contributed by atoms with Crippen molar-refractivity contribution in [2.75, 3.05) is 0 Å². The van der Waals surface area contributed by atoms with Gasteiger partial charge in [0.25, 0.3) is 0 Å². The summed E-state index contributed by atoms with van der Waals surface area (Å²) < 4.78 is 5.78. The van der Waals surface area contributed by atoms with Crippen LogP contribution in [0.3, 0.4) is 0 Å². The van der Waals surface area contributed by atoms with Crippen LogP contribution in [0.2, 0.25) is 0 Å². The van der Waals surface area contributed by atoms with Crippen LogP contribution in [0.5, 0.6) is 5.75 Å². The summed E-state index contributed by atoms with van der Waals surface area (Å²) in [7, 11) is 0. The van der Waals surface area contributed by atoms with Crippen molar-refractivity contribution in [3.05, 3.63) is 65.7 Å². The van der Waals surface area contributed by atoms with Gasteiger partial charge in [-0.05, 0) is 42.0 Å². The normalized spacial score (nSPS) is 12.4. The summed E-state index contributed by atoms with van der Waals surface area (Å²) in [6, 6.07) is 18.5. The summed E-state index contributed by atoms with van der Waals surface area (Å²) in [5.41, 5.74) is 8.58. The summed E-state index contributed by atoms with van der Waals surface area (Å²) in [6.07, 6.45) is 2.19. The molecule has 0 fully saturated rings. The van der Waals surface area contributed by atoms with Crippen LogP contribution in [0, 0.1) is 5.92 Å². The number of benzene rings is 2. The molecule has 0 spiro atoms. The molecule has 2 aromatic rings. The van der Waals surface area contributed by atoms with E-state index in [0.717, 1.165) is 18.6 Å². The lowest BCUT2D eigenvalue weighted by Crippen LogP contribution is -2.11. The largest absolute Gasteiger partial charge is 0.489 e. The van der Waals surface area contributed by atoms with Gasteiger partial charge in [-0.25, -0.2) is 0 Å². The average molecular weight is 283 g/mol. The SMILES string of the molecule is CC(C)CC[C@@H](N)c1ccc(OCc2ccccc2)cc1. The second-order valence-electron chi connectivity index (χ2n) is 5.92. The maximum atomic E-state index is 6.22. The minimum absolute atomic E-state index is 0.121. The van der Waals surface area contributed by atoms with Crippen LogP contribution in [0.1, 0.15) is 43.9 Å². The molecule has 0 aliphatic carbocycles. The van der Waals surface area contributed by atoms with Gasteiger partial charge < -0.3 is 10.5 Å². The first kappa shape index (κ1) is 15.6. The molecule has 2 heteroatoms. The highest BCUT2D eigenvalue weighted by atomic mass is 16.5. The molecular formula is C19H25NO. The minimum Gasteiger partial charge on any atom is -0.489 e. The van der Waals surface area contributed by atoms with Gasteiger partial charge in [0.2, 0.25) is 0 Å². The minimum atomic E-state index is 0.121. The predicted octanol–water partition coefficient (Wildman–Crippen LogP) is 4.70. The zero-order valence-corrected chi connectivity index (χ0v) is 13.0. The second kappa shape index (κ2) is 7.84. The summed E-state index contributed by atoms with van der Waals surface area (Å²) in [5.74, 6) is 1.59. The van der Waals surface area contributed by atoms with E-state index in [-0.39, 0.29) is 6.04 Å². The molecule has 0 aliphatic rings. The van der Waals surface area contributed by atoms with Crippen molar-refractivity contribution in [2.45, 2.75) is 39.3 Å². The van der Waals surface area contributed by atoms with Crippen molar-refractivity contribution in [1.29, 1.82) is 0 Å². The lowest BCUT2D eigenvalue weighted by atomic mass is 9.98. The first-order chi connectivity index (χ1) is 10.1. The van der Waals surface area contributed by atoms with Crippen molar-refractivity contribution in [1.82, 2.24) is 0 Å². The van der Waals surface area contributed by atoms with E-state index in [0.29, 0.717) is 12.5 Å². The zero-order chi connectivity index (χ0) is 15.1. The molecule has 1 atom stereocenters. The Labute approximate surface area is 127 Å². The van der Waals surface area contributed by atoms with Crippen molar-refractivity contribution in [3.63, 3.8) is 0 Å². The lowest BCUT2D eigenvalue weighted by molar-refractivity contribution is 0.306. The molecule has 2 N–H and O–H groups in total. The van der Waals surface area contributed by atoms with Crippen LogP contribution >= 0.6 is 0 Å². The van der Waals surface area contributed by atoms with Crippen LogP contribution in [0.4, 0.5) is 0 Å². The van der Waals surface area contributed by atoms with Crippen molar-refractivity contribution < 1.29 is 4.74 Å². The number of rotatable bonds is 7. The first-order valence-corrected chi connectivity index (χ1v) is 7.67. The quantitative estimate of drug-likeness (QED) is 0.799. The Morgan fingerprint density at radius 1 is 0.905 bits per heavy atom. The Morgan fingerprint density at radius 3 is 2.19 bits per heavy atom. The standard InChI is InChI=1S/C19H25NO/c1-15(2)8-13-19(20)17-9-11-18(12-10-17)21-14-16-6-4-3-5-7-16/h3-7,9-12,15,19H,8,13-14,20H2,1-2H3/t19-/m1/s1. The monoisotopic (exact) mass is 283 g/mol. The molecule has 2 nitrogen and oxygen atoms in total. The topological polar surface area (TPSA) is 35.2 Å². The van der Waals surface area contributed by atoms with Gasteiger partial charge in [-0.3, -0.25) is 0 Å². The van der Waals surface area contributed by atoms with E-state index in [1.54, 1.807) is 0 Å². The molecule has 0 aromatic heterocycles. The molecular weight excluding hydrogens is 258 g/mol. The maximum absolute atomic E-state index is 6.22. The Kier molecular flexibility index (Phi) is 5.82. The van der Waals surface area contributed by atoms with Crippen molar-refractivity contribution in [3.8, 4) is 5.75 Å². The van der Waals surface area contributed by atoms with E-state index in [9.17, 15) is 0 Å². The van der Waals surface area contributed by atoms with E-state index in [4.69, 9.17) is 10.5 Å². The smallest absolute Gasteiger partial charge is 0.119 e. The van der Waals surface area contributed by atoms with E-state index in [1.165, 1.54) is 11.1 Å². The van der Waals surface area contributed by atoms with Gasteiger partial charge in [-0.15, -0.1) is 0 Å². The molecule has 2 rings (SSSR count). The van der Waals surface area contributed by atoms with Gasteiger partial charge in [0.1, 0.15) is 12.4 Å². The summed E-state index contributed by atoms with van der Waals surface area (Å²) in [6.45, 7) is 5.06. The zero-order valence-electron chi connectivity index (χ0n) is 13.0. The third-order valence-corrected chi connectivity index (χ3v) is 3.61. The fourth-order valence-electron chi connectivity index (χ4n) is 2.23. The van der Waals surface area contributed by atoms with E-state index >= 15 is 0 Å².